The lowest BCUT2D eigenvalue weighted by molar-refractivity contribution is -0.115. The highest BCUT2D eigenvalue weighted by Gasteiger charge is 2.02. The molecule has 1 aromatic rings. The summed E-state index contributed by atoms with van der Waals surface area (Å²) in [6.45, 7) is 1.76. The number of phenols is 1. The van der Waals surface area contributed by atoms with Crippen molar-refractivity contribution in [2.45, 2.75) is 13.3 Å². The van der Waals surface area contributed by atoms with Crippen molar-refractivity contribution < 1.29 is 9.90 Å². The van der Waals surface area contributed by atoms with Crippen molar-refractivity contribution in [1.29, 1.82) is 0 Å². The molecule has 4 heteroatoms. The number of phenolic OH excluding ortho intramolecular Hbond substituents is 1. The molecular weight excluding hydrogens is 168 g/mol. The largest absolute Gasteiger partial charge is 0.508 e. The third kappa shape index (κ3) is 2.37. The Morgan fingerprint density at radius 3 is 2.85 bits per heavy atom. The molecule has 0 aromatic heterocycles. The zero-order valence-electron chi connectivity index (χ0n) is 7.37. The number of carbonyl (C=O) groups excluding carboxylic acids is 1. The number of rotatable bonds is 2. The fraction of sp³-hybridized carbons (Fsp3) is 0.222. The van der Waals surface area contributed by atoms with E-state index in [1.54, 1.807) is 13.0 Å². The minimum absolute atomic E-state index is 0.0898. The highest BCUT2D eigenvalue weighted by molar-refractivity contribution is 5.93. The van der Waals surface area contributed by atoms with E-state index in [4.69, 9.17) is 10.8 Å². The first-order chi connectivity index (χ1) is 6.13. The molecule has 0 fully saturated rings. The second-order valence-electron chi connectivity index (χ2n) is 2.67. The molecule has 0 saturated carbocycles. The number of amides is 1. The number of anilines is 2. The second kappa shape index (κ2) is 3.80. The average Bonchev–Trinajstić information content (AvgIpc) is 2.09. The van der Waals surface area contributed by atoms with Gasteiger partial charge in [0, 0.05) is 12.5 Å². The van der Waals surface area contributed by atoms with E-state index < -0.39 is 0 Å². The number of hydrogen-bond donors (Lipinski definition) is 3. The summed E-state index contributed by atoms with van der Waals surface area (Å²) in [6, 6.07) is 4.44. The van der Waals surface area contributed by atoms with Crippen LogP contribution in [0.25, 0.3) is 0 Å². The molecule has 0 bridgehead atoms. The molecule has 0 spiro atoms. The number of nitrogen functional groups attached to an aromatic ring is 1. The van der Waals surface area contributed by atoms with Gasteiger partial charge in [0.15, 0.2) is 0 Å². The second-order valence-corrected chi connectivity index (χ2v) is 2.67. The summed E-state index contributed by atoms with van der Waals surface area (Å²) < 4.78 is 0. The van der Waals surface area contributed by atoms with Gasteiger partial charge in [-0.05, 0) is 12.1 Å². The Morgan fingerprint density at radius 2 is 2.31 bits per heavy atom. The summed E-state index contributed by atoms with van der Waals surface area (Å²) in [5.41, 5.74) is 6.44. The maximum atomic E-state index is 11.0. The molecule has 0 aliphatic heterocycles. The van der Waals surface area contributed by atoms with Crippen LogP contribution in [0.2, 0.25) is 0 Å². The molecule has 1 amide bonds. The minimum atomic E-state index is -0.0996. The monoisotopic (exact) mass is 180 g/mol. The molecule has 0 aliphatic rings. The fourth-order valence-corrected chi connectivity index (χ4v) is 0.903. The standard InChI is InChI=1S/C9H12N2O2/c1-2-9(13)11-8-4-3-6(12)5-7(8)10/h3-5,12H,2,10H2,1H3,(H,11,13). The maximum Gasteiger partial charge on any atom is 0.224 e. The summed E-state index contributed by atoms with van der Waals surface area (Å²) in [6.07, 6.45) is 0.403. The molecular formula is C9H12N2O2. The molecule has 4 N–H and O–H groups in total. The summed E-state index contributed by atoms with van der Waals surface area (Å²) >= 11 is 0. The number of nitrogens with one attached hydrogen (secondary N) is 1. The van der Waals surface area contributed by atoms with Crippen molar-refractivity contribution in [1.82, 2.24) is 0 Å². The smallest absolute Gasteiger partial charge is 0.224 e. The van der Waals surface area contributed by atoms with Gasteiger partial charge in [0.05, 0.1) is 11.4 Å². The van der Waals surface area contributed by atoms with Gasteiger partial charge in [-0.1, -0.05) is 6.92 Å². The van der Waals surface area contributed by atoms with Gasteiger partial charge in [-0.25, -0.2) is 0 Å². The lowest BCUT2D eigenvalue weighted by Gasteiger charge is -2.06. The number of nitrogens with two attached hydrogens (primary N) is 1. The van der Waals surface area contributed by atoms with Gasteiger partial charge in [-0.2, -0.15) is 0 Å². The highest BCUT2D eigenvalue weighted by atomic mass is 16.3. The van der Waals surface area contributed by atoms with Crippen molar-refractivity contribution in [2.75, 3.05) is 11.1 Å². The van der Waals surface area contributed by atoms with E-state index in [-0.39, 0.29) is 11.7 Å². The third-order valence-corrected chi connectivity index (χ3v) is 1.63. The zero-order valence-corrected chi connectivity index (χ0v) is 7.37. The molecule has 0 heterocycles. The molecule has 0 radical (unpaired) electrons. The first-order valence-corrected chi connectivity index (χ1v) is 4.02. The lowest BCUT2D eigenvalue weighted by Crippen LogP contribution is -2.10. The lowest BCUT2D eigenvalue weighted by atomic mass is 10.2. The van der Waals surface area contributed by atoms with Crippen LogP contribution in [0.4, 0.5) is 11.4 Å². The summed E-state index contributed by atoms with van der Waals surface area (Å²) in [4.78, 5) is 11.0. The van der Waals surface area contributed by atoms with Crippen molar-refractivity contribution in [3.63, 3.8) is 0 Å². The molecule has 0 atom stereocenters. The quantitative estimate of drug-likeness (QED) is 0.474. The van der Waals surface area contributed by atoms with E-state index in [1.165, 1.54) is 12.1 Å². The summed E-state index contributed by atoms with van der Waals surface area (Å²) in [5.74, 6) is -0.00983. The predicted molar refractivity (Wildman–Crippen MR) is 51.4 cm³/mol. The van der Waals surface area contributed by atoms with E-state index >= 15 is 0 Å². The van der Waals surface area contributed by atoms with Gasteiger partial charge in [0.2, 0.25) is 5.91 Å². The number of hydrogen-bond acceptors (Lipinski definition) is 3. The van der Waals surface area contributed by atoms with Crippen LogP contribution < -0.4 is 11.1 Å². The van der Waals surface area contributed by atoms with E-state index in [0.717, 1.165) is 0 Å². The van der Waals surface area contributed by atoms with Gasteiger partial charge in [-0.15, -0.1) is 0 Å². The zero-order chi connectivity index (χ0) is 9.84. The Kier molecular flexibility index (Phi) is 2.74. The van der Waals surface area contributed by atoms with Crippen molar-refractivity contribution in [2.24, 2.45) is 0 Å². The van der Waals surface area contributed by atoms with Crippen molar-refractivity contribution >= 4 is 17.3 Å². The molecule has 0 aliphatic carbocycles. The Balaban J connectivity index is 2.83. The number of benzene rings is 1. The van der Waals surface area contributed by atoms with Gasteiger partial charge < -0.3 is 16.2 Å². The van der Waals surface area contributed by atoms with Crippen LogP contribution in [0.1, 0.15) is 13.3 Å². The Bertz CT molecular complexity index is 323. The van der Waals surface area contributed by atoms with E-state index in [2.05, 4.69) is 5.32 Å². The van der Waals surface area contributed by atoms with Gasteiger partial charge in [0.25, 0.3) is 0 Å². The van der Waals surface area contributed by atoms with E-state index in [1.807, 2.05) is 0 Å². The van der Waals surface area contributed by atoms with Crippen LogP contribution in [0.3, 0.4) is 0 Å². The van der Waals surface area contributed by atoms with Crippen LogP contribution in [-0.2, 0) is 4.79 Å². The van der Waals surface area contributed by atoms with Crippen LogP contribution in [0.15, 0.2) is 18.2 Å². The predicted octanol–water partition coefficient (Wildman–Crippen LogP) is 1.32. The molecule has 70 valence electrons. The van der Waals surface area contributed by atoms with E-state index in [9.17, 15) is 4.79 Å². The van der Waals surface area contributed by atoms with Crippen LogP contribution in [-0.4, -0.2) is 11.0 Å². The normalized spacial score (nSPS) is 9.62. The highest BCUT2D eigenvalue weighted by Crippen LogP contribution is 2.23. The average molecular weight is 180 g/mol. The third-order valence-electron chi connectivity index (χ3n) is 1.63. The Hall–Kier alpha value is -1.71. The van der Waals surface area contributed by atoms with Gasteiger partial charge >= 0.3 is 0 Å². The van der Waals surface area contributed by atoms with Crippen molar-refractivity contribution in [3.8, 4) is 5.75 Å². The number of carbonyl (C=O) groups is 1. The Morgan fingerprint density at radius 1 is 1.62 bits per heavy atom. The first-order valence-electron chi connectivity index (χ1n) is 4.02. The minimum Gasteiger partial charge on any atom is -0.508 e. The van der Waals surface area contributed by atoms with Crippen LogP contribution in [0, 0.1) is 0 Å². The fourth-order valence-electron chi connectivity index (χ4n) is 0.903. The van der Waals surface area contributed by atoms with Crippen LogP contribution >= 0.6 is 0 Å². The van der Waals surface area contributed by atoms with Gasteiger partial charge in [-0.3, -0.25) is 4.79 Å². The molecule has 13 heavy (non-hydrogen) atoms. The van der Waals surface area contributed by atoms with Gasteiger partial charge in [0.1, 0.15) is 5.75 Å². The molecule has 1 rings (SSSR count). The van der Waals surface area contributed by atoms with Crippen molar-refractivity contribution in [3.05, 3.63) is 18.2 Å². The number of aromatic hydroxyl groups is 1. The molecule has 0 unspecified atom stereocenters. The molecule has 0 saturated heterocycles. The molecule has 1 aromatic carbocycles. The Labute approximate surface area is 76.4 Å². The summed E-state index contributed by atoms with van der Waals surface area (Å²) in [7, 11) is 0. The SMILES string of the molecule is CCC(=O)Nc1ccc(O)cc1N. The maximum absolute atomic E-state index is 11.0. The first kappa shape index (κ1) is 9.38. The van der Waals surface area contributed by atoms with Crippen LogP contribution in [0.5, 0.6) is 5.75 Å². The topological polar surface area (TPSA) is 75.3 Å². The molecule has 4 nitrogen and oxygen atoms in total. The summed E-state index contributed by atoms with van der Waals surface area (Å²) in [5, 5.41) is 11.6. The van der Waals surface area contributed by atoms with E-state index in [0.29, 0.717) is 17.8 Å².